The van der Waals surface area contributed by atoms with Crippen molar-refractivity contribution in [2.24, 2.45) is 0 Å². The molecule has 0 saturated heterocycles. The lowest BCUT2D eigenvalue weighted by Crippen LogP contribution is -2.14. The predicted octanol–water partition coefficient (Wildman–Crippen LogP) is 8.29. The van der Waals surface area contributed by atoms with Crippen LogP contribution in [0.2, 0.25) is 0 Å². The number of hydrogen-bond donors (Lipinski definition) is 0. The van der Waals surface area contributed by atoms with E-state index in [0.29, 0.717) is 0 Å². The van der Waals surface area contributed by atoms with Crippen LogP contribution in [0.4, 0.5) is 0 Å². The van der Waals surface area contributed by atoms with Crippen molar-refractivity contribution in [1.29, 1.82) is 0 Å². The highest BCUT2D eigenvalue weighted by atomic mass is 127. The Morgan fingerprint density at radius 1 is 0.560 bits per heavy atom. The summed E-state index contributed by atoms with van der Waals surface area (Å²) in [7, 11) is 0. The highest BCUT2D eigenvalue weighted by molar-refractivity contribution is 14.1. The molecule has 0 fully saturated rings. The Morgan fingerprint density at radius 2 is 0.800 bits per heavy atom. The van der Waals surface area contributed by atoms with Crippen LogP contribution in [-0.4, -0.2) is 0 Å². The molecule has 0 saturated carbocycles. The van der Waals surface area contributed by atoms with Crippen molar-refractivity contribution < 1.29 is 0 Å². The Bertz CT molecular complexity index is 679. The zero-order chi connectivity index (χ0) is 19.2. The van der Waals surface area contributed by atoms with Gasteiger partial charge in [0.15, 0.2) is 0 Å². The fraction of sp³-hybridized carbons (Fsp3) is 0.429. The Balaban J connectivity index is 2.48. The molecule has 136 valence electrons. The van der Waals surface area contributed by atoms with Crippen LogP contribution in [0.5, 0.6) is 0 Å². The quantitative estimate of drug-likeness (QED) is 0.269. The van der Waals surface area contributed by atoms with Crippen LogP contribution >= 0.6 is 90.4 Å². The molecule has 2 rings (SSSR count). The van der Waals surface area contributed by atoms with Crippen molar-refractivity contribution in [3.63, 3.8) is 0 Å². The molecule has 0 spiro atoms. The molecule has 0 amide bonds. The third kappa shape index (κ3) is 5.68. The summed E-state index contributed by atoms with van der Waals surface area (Å²) in [4.78, 5) is 0. The lowest BCUT2D eigenvalue weighted by Gasteiger charge is -2.23. The van der Waals surface area contributed by atoms with Crippen molar-refractivity contribution >= 4 is 90.4 Å². The van der Waals surface area contributed by atoms with E-state index in [-0.39, 0.29) is 10.8 Å². The molecule has 0 aliphatic rings. The molecule has 0 atom stereocenters. The molecule has 25 heavy (non-hydrogen) atoms. The summed E-state index contributed by atoms with van der Waals surface area (Å²) in [6.07, 6.45) is 1.00. The van der Waals surface area contributed by atoms with E-state index in [2.05, 4.69) is 156 Å². The number of halogens is 4. The van der Waals surface area contributed by atoms with Gasteiger partial charge in [0.25, 0.3) is 0 Å². The van der Waals surface area contributed by atoms with Crippen molar-refractivity contribution in [3.05, 3.63) is 60.8 Å². The number of rotatable bonds is 2. The zero-order valence-corrected chi connectivity index (χ0v) is 24.2. The van der Waals surface area contributed by atoms with Crippen molar-refractivity contribution in [1.82, 2.24) is 0 Å². The van der Waals surface area contributed by atoms with E-state index in [1.165, 1.54) is 36.5 Å². The normalized spacial score (nSPS) is 12.6. The molecule has 0 aliphatic carbocycles. The van der Waals surface area contributed by atoms with Crippen molar-refractivity contribution in [2.45, 2.75) is 58.8 Å². The summed E-state index contributed by atoms with van der Waals surface area (Å²) in [6.45, 7) is 13.7. The van der Waals surface area contributed by atoms with Crippen LogP contribution in [0, 0.1) is 14.3 Å². The number of hydrogen-bond acceptors (Lipinski definition) is 0. The van der Waals surface area contributed by atoms with Gasteiger partial charge in [-0.05, 0) is 148 Å². The smallest absolute Gasteiger partial charge is 0.0179 e. The molecular formula is C21H24I4. The van der Waals surface area contributed by atoms with E-state index in [1.54, 1.807) is 0 Å². The van der Waals surface area contributed by atoms with E-state index in [9.17, 15) is 0 Å². The van der Waals surface area contributed by atoms with Gasteiger partial charge in [-0.2, -0.15) is 0 Å². The first-order valence-electron chi connectivity index (χ1n) is 8.27. The van der Waals surface area contributed by atoms with Crippen LogP contribution in [0.15, 0.2) is 24.3 Å². The zero-order valence-electron chi connectivity index (χ0n) is 15.5. The minimum absolute atomic E-state index is 0.190. The van der Waals surface area contributed by atoms with Gasteiger partial charge in [-0.3, -0.25) is 0 Å². The SMILES string of the molecule is CC(C)(C)c1cc(I)c(Cc2c(I)cc(C(C)(C)C)cc2I)c(I)c1. The lowest BCUT2D eigenvalue weighted by atomic mass is 9.85. The van der Waals surface area contributed by atoms with Crippen LogP contribution in [-0.2, 0) is 17.3 Å². The Hall–Kier alpha value is 1.36. The second-order valence-corrected chi connectivity index (χ2v) is 13.2. The molecule has 0 radical (unpaired) electrons. The minimum Gasteiger partial charge on any atom is -0.0561 e. The van der Waals surface area contributed by atoms with E-state index < -0.39 is 0 Å². The fourth-order valence-electron chi connectivity index (χ4n) is 2.59. The summed E-state index contributed by atoms with van der Waals surface area (Å²) in [5, 5.41) is 0. The highest BCUT2D eigenvalue weighted by Gasteiger charge is 2.20. The summed E-state index contributed by atoms with van der Waals surface area (Å²) in [5.74, 6) is 0. The van der Waals surface area contributed by atoms with Gasteiger partial charge in [-0.1, -0.05) is 41.5 Å². The van der Waals surface area contributed by atoms with Gasteiger partial charge in [0, 0.05) is 20.7 Å². The van der Waals surface area contributed by atoms with Gasteiger partial charge >= 0.3 is 0 Å². The molecule has 0 aromatic heterocycles. The molecule has 0 N–H and O–H groups in total. The molecule has 2 aromatic carbocycles. The van der Waals surface area contributed by atoms with Gasteiger partial charge in [0.05, 0.1) is 0 Å². The van der Waals surface area contributed by atoms with E-state index in [1.807, 2.05) is 0 Å². The fourth-order valence-corrected chi connectivity index (χ4v) is 6.89. The first-order chi connectivity index (χ1) is 11.3. The average Bonchev–Trinajstić information content (AvgIpc) is 2.42. The molecule has 0 nitrogen and oxygen atoms in total. The standard InChI is InChI=1S/C21H24I4/c1-20(2,3)12-7-16(22)14(17(23)8-12)11-15-18(24)9-13(10-19(15)25)21(4,5)6/h7-10H,11H2,1-6H3. The molecular weight excluding hydrogens is 760 g/mol. The first-order valence-corrected chi connectivity index (χ1v) is 12.6. The molecule has 0 aliphatic heterocycles. The van der Waals surface area contributed by atoms with Crippen LogP contribution in [0.25, 0.3) is 0 Å². The second kappa shape index (κ2) is 8.39. The monoisotopic (exact) mass is 784 g/mol. The predicted molar refractivity (Wildman–Crippen MR) is 144 cm³/mol. The highest BCUT2D eigenvalue weighted by Crippen LogP contribution is 2.34. The Kier molecular flexibility index (Phi) is 7.60. The van der Waals surface area contributed by atoms with Crippen LogP contribution in [0.3, 0.4) is 0 Å². The van der Waals surface area contributed by atoms with E-state index in [0.717, 1.165) is 6.42 Å². The minimum atomic E-state index is 0.190. The molecule has 0 heterocycles. The molecule has 0 bridgehead atoms. The summed E-state index contributed by atoms with van der Waals surface area (Å²) < 4.78 is 5.50. The van der Waals surface area contributed by atoms with E-state index >= 15 is 0 Å². The summed E-state index contributed by atoms with van der Waals surface area (Å²) >= 11 is 10.0. The maximum atomic E-state index is 2.51. The summed E-state index contributed by atoms with van der Waals surface area (Å²) in [6, 6.07) is 9.45. The third-order valence-electron chi connectivity index (χ3n) is 4.37. The van der Waals surface area contributed by atoms with Crippen molar-refractivity contribution in [3.8, 4) is 0 Å². The Morgan fingerprint density at radius 3 is 1.00 bits per heavy atom. The second-order valence-electron chi connectivity index (χ2n) is 8.51. The topological polar surface area (TPSA) is 0 Å². The Labute approximate surface area is 207 Å². The van der Waals surface area contributed by atoms with Gasteiger partial charge in [-0.15, -0.1) is 0 Å². The number of benzene rings is 2. The molecule has 0 unspecified atom stereocenters. The van der Waals surface area contributed by atoms with Crippen LogP contribution in [0.1, 0.15) is 63.8 Å². The average molecular weight is 784 g/mol. The lowest BCUT2D eigenvalue weighted by molar-refractivity contribution is 0.589. The largest absolute Gasteiger partial charge is 0.0561 e. The van der Waals surface area contributed by atoms with Gasteiger partial charge < -0.3 is 0 Å². The molecule has 4 heteroatoms. The summed E-state index contributed by atoms with van der Waals surface area (Å²) in [5.41, 5.74) is 6.11. The van der Waals surface area contributed by atoms with Gasteiger partial charge in [0.2, 0.25) is 0 Å². The van der Waals surface area contributed by atoms with Gasteiger partial charge in [-0.25, -0.2) is 0 Å². The van der Waals surface area contributed by atoms with Crippen molar-refractivity contribution in [2.75, 3.05) is 0 Å². The van der Waals surface area contributed by atoms with Gasteiger partial charge in [0.1, 0.15) is 0 Å². The third-order valence-corrected chi connectivity index (χ3v) is 8.22. The maximum absolute atomic E-state index is 2.51. The van der Waals surface area contributed by atoms with E-state index in [4.69, 9.17) is 0 Å². The molecule has 2 aromatic rings. The van der Waals surface area contributed by atoms with Crippen LogP contribution < -0.4 is 0 Å². The maximum Gasteiger partial charge on any atom is 0.0179 e. The first kappa shape index (κ1) is 22.6.